The number of ether oxygens (including phenoxy) is 1. The summed E-state index contributed by atoms with van der Waals surface area (Å²) in [5.41, 5.74) is 5.39. The fraction of sp³-hybridized carbons (Fsp3) is 0.375. The van der Waals surface area contributed by atoms with Gasteiger partial charge in [0.15, 0.2) is 0 Å². The van der Waals surface area contributed by atoms with Gasteiger partial charge in [-0.2, -0.15) is 0 Å². The topological polar surface area (TPSA) is 78.1 Å². The molecule has 6 heteroatoms. The second kappa shape index (κ2) is 5.43. The highest BCUT2D eigenvalue weighted by Gasteiger charge is 2.01. The van der Waals surface area contributed by atoms with Crippen molar-refractivity contribution in [2.75, 3.05) is 18.6 Å². The molecule has 0 aromatic carbocycles. The van der Waals surface area contributed by atoms with Crippen molar-refractivity contribution in [2.45, 2.75) is 11.4 Å². The molecule has 5 nitrogen and oxygen atoms in total. The molecule has 0 atom stereocenters. The fourth-order valence-corrected chi connectivity index (χ4v) is 1.57. The molecule has 0 spiro atoms. The first-order valence-electron chi connectivity index (χ1n) is 4.00. The Morgan fingerprint density at radius 2 is 2.50 bits per heavy atom. The maximum Gasteiger partial charge on any atom is 0.306 e. The molecule has 0 radical (unpaired) electrons. The second-order valence-electron chi connectivity index (χ2n) is 2.43. The Morgan fingerprint density at radius 3 is 3.14 bits per heavy atom. The van der Waals surface area contributed by atoms with Crippen molar-refractivity contribution >= 4 is 23.7 Å². The molecule has 0 unspecified atom stereocenters. The number of carbonyl (C=O) groups excluding carboxylic acids is 1. The summed E-state index contributed by atoms with van der Waals surface area (Å²) < 4.78 is 4.50. The van der Waals surface area contributed by atoms with Crippen molar-refractivity contribution in [3.05, 3.63) is 12.3 Å². The number of anilines is 1. The SMILES string of the molecule is COC(=O)CCSc1ccnc(N)n1. The van der Waals surface area contributed by atoms with Gasteiger partial charge in [-0.05, 0) is 6.07 Å². The van der Waals surface area contributed by atoms with Gasteiger partial charge in [-0.25, -0.2) is 9.97 Å². The summed E-state index contributed by atoms with van der Waals surface area (Å²) in [6.07, 6.45) is 1.95. The number of rotatable bonds is 4. The maximum absolute atomic E-state index is 10.8. The van der Waals surface area contributed by atoms with Crippen molar-refractivity contribution in [2.24, 2.45) is 0 Å². The van der Waals surface area contributed by atoms with Crippen LogP contribution in [-0.4, -0.2) is 28.8 Å². The van der Waals surface area contributed by atoms with Gasteiger partial charge in [-0.1, -0.05) is 0 Å². The Kier molecular flexibility index (Phi) is 4.18. The van der Waals surface area contributed by atoms with E-state index in [0.29, 0.717) is 12.2 Å². The zero-order chi connectivity index (χ0) is 10.4. The van der Waals surface area contributed by atoms with E-state index in [4.69, 9.17) is 5.73 Å². The van der Waals surface area contributed by atoms with Crippen LogP contribution < -0.4 is 5.73 Å². The minimum absolute atomic E-state index is 0.223. The van der Waals surface area contributed by atoms with Crippen LogP contribution >= 0.6 is 11.8 Å². The van der Waals surface area contributed by atoms with Crippen LogP contribution in [0.1, 0.15) is 6.42 Å². The quantitative estimate of drug-likeness (QED) is 0.451. The normalized spacial score (nSPS) is 9.79. The predicted molar refractivity (Wildman–Crippen MR) is 53.8 cm³/mol. The number of thioether (sulfide) groups is 1. The lowest BCUT2D eigenvalue weighted by molar-refractivity contribution is -0.140. The lowest BCUT2D eigenvalue weighted by atomic mass is 10.5. The van der Waals surface area contributed by atoms with Gasteiger partial charge < -0.3 is 10.5 Å². The number of esters is 1. The van der Waals surface area contributed by atoms with Gasteiger partial charge in [0.2, 0.25) is 5.95 Å². The summed E-state index contributed by atoms with van der Waals surface area (Å²) in [5, 5.41) is 0.765. The molecule has 76 valence electrons. The monoisotopic (exact) mass is 213 g/mol. The summed E-state index contributed by atoms with van der Waals surface area (Å²) in [7, 11) is 1.37. The van der Waals surface area contributed by atoms with Crippen molar-refractivity contribution in [1.82, 2.24) is 9.97 Å². The number of aromatic nitrogens is 2. The van der Waals surface area contributed by atoms with Crippen LogP contribution in [0, 0.1) is 0 Å². The molecule has 0 bridgehead atoms. The summed E-state index contributed by atoms with van der Waals surface area (Å²) in [4.78, 5) is 18.5. The number of nitrogen functional groups attached to an aromatic ring is 1. The lowest BCUT2D eigenvalue weighted by Crippen LogP contribution is -2.01. The van der Waals surface area contributed by atoms with Crippen LogP contribution in [0.25, 0.3) is 0 Å². The van der Waals surface area contributed by atoms with E-state index in [1.165, 1.54) is 18.9 Å². The van der Waals surface area contributed by atoms with Gasteiger partial charge in [-0.15, -0.1) is 11.8 Å². The van der Waals surface area contributed by atoms with Crippen molar-refractivity contribution in [3.63, 3.8) is 0 Å². The molecular formula is C8H11N3O2S. The largest absolute Gasteiger partial charge is 0.469 e. The molecule has 0 fully saturated rings. The van der Waals surface area contributed by atoms with E-state index in [-0.39, 0.29) is 11.9 Å². The number of carbonyl (C=O) groups is 1. The van der Waals surface area contributed by atoms with E-state index in [9.17, 15) is 4.79 Å². The van der Waals surface area contributed by atoms with E-state index in [1.54, 1.807) is 12.3 Å². The zero-order valence-corrected chi connectivity index (χ0v) is 8.58. The fourth-order valence-electron chi connectivity index (χ4n) is 0.778. The Bertz CT molecular complexity index is 319. The maximum atomic E-state index is 10.8. The number of nitrogens with zero attached hydrogens (tertiary/aromatic N) is 2. The molecule has 1 heterocycles. The standard InChI is InChI=1S/C8H11N3O2S/c1-13-7(12)3-5-14-6-2-4-10-8(9)11-6/h2,4H,3,5H2,1H3,(H2,9,10,11). The van der Waals surface area contributed by atoms with Crippen LogP contribution in [0.4, 0.5) is 5.95 Å². The summed E-state index contributed by atoms with van der Waals surface area (Å²) >= 11 is 1.45. The molecule has 0 aliphatic rings. The van der Waals surface area contributed by atoms with Crippen molar-refractivity contribution in [3.8, 4) is 0 Å². The van der Waals surface area contributed by atoms with Gasteiger partial charge in [0.05, 0.1) is 13.5 Å². The number of hydrogen-bond donors (Lipinski definition) is 1. The molecular weight excluding hydrogens is 202 g/mol. The van der Waals surface area contributed by atoms with Crippen molar-refractivity contribution < 1.29 is 9.53 Å². The van der Waals surface area contributed by atoms with Crippen LogP contribution in [0.15, 0.2) is 17.3 Å². The Morgan fingerprint density at radius 1 is 1.71 bits per heavy atom. The molecule has 1 rings (SSSR count). The van der Waals surface area contributed by atoms with Gasteiger partial charge in [0.25, 0.3) is 0 Å². The van der Waals surface area contributed by atoms with Gasteiger partial charge in [0.1, 0.15) is 5.03 Å². The summed E-state index contributed by atoms with van der Waals surface area (Å²) in [6, 6.07) is 1.75. The van der Waals surface area contributed by atoms with Crippen LogP contribution in [0.5, 0.6) is 0 Å². The number of hydrogen-bond acceptors (Lipinski definition) is 6. The Labute approximate surface area is 86.1 Å². The first kappa shape index (κ1) is 10.8. The zero-order valence-electron chi connectivity index (χ0n) is 7.77. The number of nitrogens with two attached hydrogens (primary N) is 1. The molecule has 2 N–H and O–H groups in total. The van der Waals surface area contributed by atoms with Gasteiger partial charge in [0, 0.05) is 11.9 Å². The first-order chi connectivity index (χ1) is 6.72. The third kappa shape index (κ3) is 3.61. The highest BCUT2D eigenvalue weighted by Crippen LogP contribution is 2.15. The molecule has 0 saturated heterocycles. The third-order valence-electron chi connectivity index (χ3n) is 1.43. The molecule has 1 aromatic rings. The minimum Gasteiger partial charge on any atom is -0.469 e. The predicted octanol–water partition coefficient (Wildman–Crippen LogP) is 0.714. The molecule has 14 heavy (non-hydrogen) atoms. The average Bonchev–Trinajstić information content (AvgIpc) is 2.17. The summed E-state index contributed by atoms with van der Waals surface area (Å²) in [6.45, 7) is 0. The van der Waals surface area contributed by atoms with E-state index in [0.717, 1.165) is 5.03 Å². The van der Waals surface area contributed by atoms with Crippen LogP contribution in [-0.2, 0) is 9.53 Å². The summed E-state index contributed by atoms with van der Waals surface area (Å²) in [5.74, 6) is 0.649. The third-order valence-corrected chi connectivity index (χ3v) is 2.36. The molecule has 1 aromatic heterocycles. The molecule has 0 aliphatic heterocycles. The smallest absolute Gasteiger partial charge is 0.306 e. The Hall–Kier alpha value is -1.30. The van der Waals surface area contributed by atoms with Gasteiger partial charge in [-0.3, -0.25) is 4.79 Å². The van der Waals surface area contributed by atoms with Crippen LogP contribution in [0.2, 0.25) is 0 Å². The number of methoxy groups -OCH3 is 1. The highest BCUT2D eigenvalue weighted by atomic mass is 32.2. The molecule has 0 aliphatic carbocycles. The molecule has 0 saturated carbocycles. The first-order valence-corrected chi connectivity index (χ1v) is 4.99. The van der Waals surface area contributed by atoms with Crippen molar-refractivity contribution in [1.29, 1.82) is 0 Å². The van der Waals surface area contributed by atoms with E-state index < -0.39 is 0 Å². The average molecular weight is 213 g/mol. The second-order valence-corrected chi connectivity index (χ2v) is 3.54. The van der Waals surface area contributed by atoms with E-state index >= 15 is 0 Å². The molecule has 0 amide bonds. The highest BCUT2D eigenvalue weighted by molar-refractivity contribution is 7.99. The van der Waals surface area contributed by atoms with E-state index in [2.05, 4.69) is 14.7 Å². The lowest BCUT2D eigenvalue weighted by Gasteiger charge is -2.00. The van der Waals surface area contributed by atoms with Gasteiger partial charge >= 0.3 is 5.97 Å². The minimum atomic E-state index is -0.223. The van der Waals surface area contributed by atoms with Crippen LogP contribution in [0.3, 0.4) is 0 Å². The Balaban J connectivity index is 2.35. The van der Waals surface area contributed by atoms with E-state index in [1.807, 2.05) is 0 Å².